The molecule has 0 saturated heterocycles. The first-order valence-corrected chi connectivity index (χ1v) is 15.7. The molecule has 0 aliphatic heterocycles. The predicted octanol–water partition coefficient (Wildman–Crippen LogP) is 12.8. The summed E-state index contributed by atoms with van der Waals surface area (Å²) in [6, 6.07) is 60.5. The van der Waals surface area contributed by atoms with Crippen molar-refractivity contribution < 1.29 is 0 Å². The maximum absolute atomic E-state index is 2.45. The number of benzene rings is 9. The van der Waals surface area contributed by atoms with E-state index in [1.54, 1.807) is 0 Å². The van der Waals surface area contributed by atoms with Crippen LogP contribution < -0.4 is 0 Å². The van der Waals surface area contributed by atoms with Gasteiger partial charge < -0.3 is 0 Å². The minimum Gasteiger partial charge on any atom is -0.0616 e. The standard InChI is InChI=1S/C45H30/c1-29-18-19-32-12-6-7-15-38(32)43(29)37-24-25-41-42(28-37)45(36-23-21-31-11-3-5-14-34(31)27-36)40-17-9-8-16-39(40)44(41)35-22-20-30-10-2-4-13-33(30)26-35/h2-28H,1H3. The van der Waals surface area contributed by atoms with Crippen molar-refractivity contribution >= 4 is 53.9 Å². The van der Waals surface area contributed by atoms with Crippen molar-refractivity contribution in [1.82, 2.24) is 0 Å². The smallest absolute Gasteiger partial charge is 0.00259 e. The first-order valence-electron chi connectivity index (χ1n) is 15.7. The Labute approximate surface area is 262 Å². The number of fused-ring (bicyclic) bond motifs is 5. The highest BCUT2D eigenvalue weighted by atomic mass is 14.2. The highest BCUT2D eigenvalue weighted by Crippen LogP contribution is 2.46. The largest absolute Gasteiger partial charge is 0.0616 e. The molecule has 0 aliphatic rings. The van der Waals surface area contributed by atoms with Crippen LogP contribution in [0.25, 0.3) is 87.2 Å². The van der Waals surface area contributed by atoms with Gasteiger partial charge >= 0.3 is 0 Å². The summed E-state index contributed by atoms with van der Waals surface area (Å²) in [5.41, 5.74) is 8.91. The molecule has 0 fully saturated rings. The second kappa shape index (κ2) is 10.2. The maximum atomic E-state index is 2.45. The molecule has 0 unspecified atom stereocenters. The van der Waals surface area contributed by atoms with Crippen molar-refractivity contribution in [3.63, 3.8) is 0 Å². The second-order valence-electron chi connectivity index (χ2n) is 12.2. The molecule has 0 aliphatic carbocycles. The predicted molar refractivity (Wildman–Crippen MR) is 195 cm³/mol. The lowest BCUT2D eigenvalue weighted by atomic mass is 9.83. The molecule has 0 N–H and O–H groups in total. The van der Waals surface area contributed by atoms with Gasteiger partial charge in [-0.05, 0) is 118 Å². The lowest BCUT2D eigenvalue weighted by Gasteiger charge is -2.20. The van der Waals surface area contributed by atoms with E-state index < -0.39 is 0 Å². The lowest BCUT2D eigenvalue weighted by molar-refractivity contribution is 1.49. The van der Waals surface area contributed by atoms with Gasteiger partial charge in [-0.1, -0.05) is 146 Å². The summed E-state index contributed by atoms with van der Waals surface area (Å²) in [6.07, 6.45) is 0. The van der Waals surface area contributed by atoms with Crippen LogP contribution in [-0.2, 0) is 0 Å². The Bertz CT molecular complexity index is 2600. The summed E-state index contributed by atoms with van der Waals surface area (Å²) in [5.74, 6) is 0. The quantitative estimate of drug-likeness (QED) is 0.185. The minimum absolute atomic E-state index is 1.24. The van der Waals surface area contributed by atoms with E-state index in [1.807, 2.05) is 0 Å². The molecule has 0 bridgehead atoms. The summed E-state index contributed by atoms with van der Waals surface area (Å²) >= 11 is 0. The molecule has 210 valence electrons. The maximum Gasteiger partial charge on any atom is -0.00259 e. The van der Waals surface area contributed by atoms with Crippen molar-refractivity contribution in [2.45, 2.75) is 6.92 Å². The van der Waals surface area contributed by atoms with E-state index >= 15 is 0 Å². The van der Waals surface area contributed by atoms with Crippen molar-refractivity contribution in [3.05, 3.63) is 169 Å². The van der Waals surface area contributed by atoms with Gasteiger partial charge in [0.2, 0.25) is 0 Å². The summed E-state index contributed by atoms with van der Waals surface area (Å²) in [7, 11) is 0. The third-order valence-electron chi connectivity index (χ3n) is 9.53. The molecule has 0 heteroatoms. The van der Waals surface area contributed by atoms with Gasteiger partial charge in [-0.2, -0.15) is 0 Å². The van der Waals surface area contributed by atoms with Crippen molar-refractivity contribution in [2.24, 2.45) is 0 Å². The van der Waals surface area contributed by atoms with Gasteiger partial charge in [0.05, 0.1) is 0 Å². The van der Waals surface area contributed by atoms with Crippen LogP contribution in [0.1, 0.15) is 5.56 Å². The number of hydrogen-bond acceptors (Lipinski definition) is 0. The van der Waals surface area contributed by atoms with Gasteiger partial charge in [0.15, 0.2) is 0 Å². The Morgan fingerprint density at radius 1 is 0.267 bits per heavy atom. The Morgan fingerprint density at radius 3 is 1.31 bits per heavy atom. The molecule has 9 aromatic carbocycles. The highest BCUT2D eigenvalue weighted by molar-refractivity contribution is 6.23. The van der Waals surface area contributed by atoms with Crippen LogP contribution in [0.3, 0.4) is 0 Å². The normalized spacial score (nSPS) is 11.7. The van der Waals surface area contributed by atoms with Gasteiger partial charge in [-0.3, -0.25) is 0 Å². The molecule has 0 saturated carbocycles. The number of hydrogen-bond donors (Lipinski definition) is 0. The van der Waals surface area contributed by atoms with Crippen molar-refractivity contribution in [1.29, 1.82) is 0 Å². The molecule has 9 rings (SSSR count). The van der Waals surface area contributed by atoms with Crippen LogP contribution >= 0.6 is 0 Å². The Hall–Kier alpha value is -5.72. The fraction of sp³-hybridized carbons (Fsp3) is 0.0222. The molecule has 45 heavy (non-hydrogen) atoms. The van der Waals surface area contributed by atoms with Crippen molar-refractivity contribution in [2.75, 3.05) is 0 Å². The zero-order valence-electron chi connectivity index (χ0n) is 25.1. The molecular weight excluding hydrogens is 540 g/mol. The van der Waals surface area contributed by atoms with Crippen molar-refractivity contribution in [3.8, 4) is 33.4 Å². The van der Waals surface area contributed by atoms with Crippen LogP contribution in [0.4, 0.5) is 0 Å². The van der Waals surface area contributed by atoms with Gasteiger partial charge in [-0.15, -0.1) is 0 Å². The monoisotopic (exact) mass is 570 g/mol. The highest BCUT2D eigenvalue weighted by Gasteiger charge is 2.19. The van der Waals surface area contributed by atoms with Gasteiger partial charge in [-0.25, -0.2) is 0 Å². The SMILES string of the molecule is Cc1ccc2ccccc2c1-c1ccc2c(-c3ccc4ccccc4c3)c3ccccc3c(-c3ccc4ccccc4c3)c2c1. The average Bonchev–Trinajstić information content (AvgIpc) is 3.10. The Balaban J connectivity index is 1.43. The van der Waals surface area contributed by atoms with Crippen LogP contribution in [0.5, 0.6) is 0 Å². The fourth-order valence-corrected chi connectivity index (χ4v) is 7.41. The molecule has 0 nitrogen and oxygen atoms in total. The van der Waals surface area contributed by atoms with Gasteiger partial charge in [0.1, 0.15) is 0 Å². The zero-order chi connectivity index (χ0) is 29.9. The molecular formula is C45H30. The molecule has 0 aromatic heterocycles. The Kier molecular flexibility index (Phi) is 5.83. The summed E-state index contributed by atoms with van der Waals surface area (Å²) < 4.78 is 0. The van der Waals surface area contributed by atoms with E-state index in [9.17, 15) is 0 Å². The van der Waals surface area contributed by atoms with Crippen LogP contribution in [0.2, 0.25) is 0 Å². The van der Waals surface area contributed by atoms with Crippen LogP contribution in [0, 0.1) is 6.92 Å². The van der Waals surface area contributed by atoms with E-state index in [1.165, 1.54) is 92.8 Å². The summed E-state index contributed by atoms with van der Waals surface area (Å²) in [4.78, 5) is 0. The molecule has 0 spiro atoms. The average molecular weight is 571 g/mol. The molecule has 0 atom stereocenters. The van der Waals surface area contributed by atoms with E-state index in [0.717, 1.165) is 0 Å². The second-order valence-corrected chi connectivity index (χ2v) is 12.2. The van der Waals surface area contributed by atoms with E-state index in [0.29, 0.717) is 0 Å². The third kappa shape index (κ3) is 4.14. The first-order chi connectivity index (χ1) is 22.2. The zero-order valence-corrected chi connectivity index (χ0v) is 25.1. The van der Waals surface area contributed by atoms with Gasteiger partial charge in [0.25, 0.3) is 0 Å². The first kappa shape index (κ1) is 25.7. The number of rotatable bonds is 3. The summed E-state index contributed by atoms with van der Waals surface area (Å²) in [6.45, 7) is 2.23. The van der Waals surface area contributed by atoms with E-state index in [2.05, 4.69) is 171 Å². The molecule has 9 aromatic rings. The number of aryl methyl sites for hydroxylation is 1. The minimum atomic E-state index is 1.24. The lowest BCUT2D eigenvalue weighted by Crippen LogP contribution is -1.93. The van der Waals surface area contributed by atoms with Crippen LogP contribution in [-0.4, -0.2) is 0 Å². The topological polar surface area (TPSA) is 0 Å². The van der Waals surface area contributed by atoms with E-state index in [-0.39, 0.29) is 0 Å². The van der Waals surface area contributed by atoms with E-state index in [4.69, 9.17) is 0 Å². The summed E-state index contributed by atoms with van der Waals surface area (Å²) in [5, 5.41) is 12.7. The molecule has 0 heterocycles. The Morgan fingerprint density at radius 2 is 0.689 bits per heavy atom. The van der Waals surface area contributed by atoms with Gasteiger partial charge in [0, 0.05) is 0 Å². The third-order valence-corrected chi connectivity index (χ3v) is 9.53. The van der Waals surface area contributed by atoms with Crippen LogP contribution in [0.15, 0.2) is 164 Å². The molecule has 0 radical (unpaired) electrons. The fourth-order valence-electron chi connectivity index (χ4n) is 7.41. The molecule has 0 amide bonds.